The van der Waals surface area contributed by atoms with Gasteiger partial charge >= 0.3 is 0 Å². The summed E-state index contributed by atoms with van der Waals surface area (Å²) in [6.07, 6.45) is 4.02. The van der Waals surface area contributed by atoms with Crippen molar-refractivity contribution in [3.63, 3.8) is 0 Å². The lowest BCUT2D eigenvalue weighted by Gasteiger charge is -2.20. The maximum atomic E-state index is 13.7. The van der Waals surface area contributed by atoms with E-state index in [2.05, 4.69) is 10.3 Å². The molecule has 1 heterocycles. The van der Waals surface area contributed by atoms with Crippen LogP contribution in [-0.4, -0.2) is 43.0 Å². The van der Waals surface area contributed by atoms with Gasteiger partial charge < -0.3 is 5.32 Å². The lowest BCUT2D eigenvalue weighted by molar-refractivity contribution is 0.0951. The van der Waals surface area contributed by atoms with Crippen LogP contribution in [0.1, 0.15) is 15.9 Å². The van der Waals surface area contributed by atoms with E-state index < -0.39 is 15.8 Å². The molecule has 0 aliphatic rings. The highest BCUT2D eigenvalue weighted by atomic mass is 32.2. The summed E-state index contributed by atoms with van der Waals surface area (Å²) >= 11 is 0. The van der Waals surface area contributed by atoms with Crippen LogP contribution in [0.5, 0.6) is 0 Å². The van der Waals surface area contributed by atoms with E-state index in [9.17, 15) is 17.6 Å². The molecule has 2 rings (SSSR count). The fourth-order valence-electron chi connectivity index (χ4n) is 2.07. The zero-order valence-corrected chi connectivity index (χ0v) is 14.0. The zero-order chi connectivity index (χ0) is 17.6. The molecular weight excluding hydrogens is 333 g/mol. The molecule has 6 nitrogen and oxygen atoms in total. The molecular formula is C16H18FN3O3S. The Balaban J connectivity index is 1.98. The standard InChI is InChI=1S/C16H18FN3O3S/c1-24(22,23)20(12-14-5-2-3-7-15(14)17)10-9-19-16(21)13-6-4-8-18-11-13/h2-8,11H,9-10,12H2,1H3,(H,19,21). The van der Waals surface area contributed by atoms with Crippen molar-refractivity contribution in [1.82, 2.24) is 14.6 Å². The highest BCUT2D eigenvalue weighted by Crippen LogP contribution is 2.12. The summed E-state index contributed by atoms with van der Waals surface area (Å²) < 4.78 is 38.6. The lowest BCUT2D eigenvalue weighted by Crippen LogP contribution is -2.37. The Bertz CT molecular complexity index is 797. The molecule has 0 bridgehead atoms. The van der Waals surface area contributed by atoms with Crippen LogP contribution in [0, 0.1) is 5.82 Å². The van der Waals surface area contributed by atoms with E-state index in [1.165, 1.54) is 24.4 Å². The Morgan fingerprint density at radius 3 is 2.62 bits per heavy atom. The number of nitrogens with zero attached hydrogens (tertiary/aromatic N) is 2. The van der Waals surface area contributed by atoms with Crippen molar-refractivity contribution in [3.05, 3.63) is 65.7 Å². The van der Waals surface area contributed by atoms with Gasteiger partial charge in [0.2, 0.25) is 10.0 Å². The first-order valence-corrected chi connectivity index (χ1v) is 9.09. The molecule has 1 amide bonds. The molecule has 1 aromatic heterocycles. The number of hydrogen-bond donors (Lipinski definition) is 1. The van der Waals surface area contributed by atoms with Crippen LogP contribution in [0.3, 0.4) is 0 Å². The van der Waals surface area contributed by atoms with Crippen molar-refractivity contribution >= 4 is 15.9 Å². The third-order valence-corrected chi connectivity index (χ3v) is 4.59. The molecule has 0 saturated carbocycles. The van der Waals surface area contributed by atoms with Gasteiger partial charge in [0.05, 0.1) is 11.8 Å². The molecule has 128 valence electrons. The molecule has 0 aliphatic carbocycles. The largest absolute Gasteiger partial charge is 0.351 e. The van der Waals surface area contributed by atoms with E-state index in [0.29, 0.717) is 5.56 Å². The maximum absolute atomic E-state index is 13.7. The topological polar surface area (TPSA) is 79.4 Å². The second-order valence-electron chi connectivity index (χ2n) is 5.19. The highest BCUT2D eigenvalue weighted by Gasteiger charge is 2.18. The third-order valence-electron chi connectivity index (χ3n) is 3.34. The van der Waals surface area contributed by atoms with Gasteiger partial charge in [0.1, 0.15) is 5.82 Å². The number of rotatable bonds is 7. The van der Waals surface area contributed by atoms with Crippen LogP contribution in [0.25, 0.3) is 0 Å². The number of carbonyl (C=O) groups is 1. The number of aromatic nitrogens is 1. The van der Waals surface area contributed by atoms with Crippen LogP contribution in [-0.2, 0) is 16.6 Å². The Kier molecular flexibility index (Phi) is 5.99. The molecule has 8 heteroatoms. The number of carbonyl (C=O) groups excluding carboxylic acids is 1. The van der Waals surface area contributed by atoms with Crippen LogP contribution < -0.4 is 5.32 Å². The van der Waals surface area contributed by atoms with Gasteiger partial charge in [-0.05, 0) is 18.2 Å². The minimum atomic E-state index is -3.54. The monoisotopic (exact) mass is 351 g/mol. The number of halogens is 1. The summed E-state index contributed by atoms with van der Waals surface area (Å²) in [5.41, 5.74) is 0.666. The van der Waals surface area contributed by atoms with Crippen molar-refractivity contribution in [1.29, 1.82) is 0 Å². The molecule has 1 N–H and O–H groups in total. The first-order valence-electron chi connectivity index (χ1n) is 7.24. The fraction of sp³-hybridized carbons (Fsp3) is 0.250. The van der Waals surface area contributed by atoms with E-state index in [4.69, 9.17) is 0 Å². The summed E-state index contributed by atoms with van der Waals surface area (Å²) in [4.78, 5) is 15.8. The number of sulfonamides is 1. The average Bonchev–Trinajstić information content (AvgIpc) is 2.55. The molecule has 2 aromatic rings. The van der Waals surface area contributed by atoms with Gasteiger partial charge in [-0.2, -0.15) is 4.31 Å². The highest BCUT2D eigenvalue weighted by molar-refractivity contribution is 7.88. The predicted molar refractivity (Wildman–Crippen MR) is 88.2 cm³/mol. The van der Waals surface area contributed by atoms with Crippen LogP contribution >= 0.6 is 0 Å². The van der Waals surface area contributed by atoms with E-state index in [0.717, 1.165) is 10.6 Å². The number of amides is 1. The summed E-state index contributed by atoms with van der Waals surface area (Å²) in [5, 5.41) is 2.62. The number of benzene rings is 1. The van der Waals surface area contributed by atoms with E-state index in [1.54, 1.807) is 24.4 Å². The van der Waals surface area contributed by atoms with Gasteiger partial charge in [-0.3, -0.25) is 9.78 Å². The van der Waals surface area contributed by atoms with Crippen LogP contribution in [0.4, 0.5) is 4.39 Å². The second-order valence-corrected chi connectivity index (χ2v) is 7.17. The van der Waals surface area contributed by atoms with Crippen molar-refractivity contribution < 1.29 is 17.6 Å². The Labute approximate surface area is 140 Å². The summed E-state index contributed by atoms with van der Waals surface area (Å²) in [7, 11) is -3.54. The van der Waals surface area contributed by atoms with Crippen LogP contribution in [0.2, 0.25) is 0 Å². The quantitative estimate of drug-likeness (QED) is 0.818. The Morgan fingerprint density at radius 1 is 1.25 bits per heavy atom. The lowest BCUT2D eigenvalue weighted by atomic mass is 10.2. The van der Waals surface area contributed by atoms with Crippen LogP contribution in [0.15, 0.2) is 48.8 Å². The number of pyridine rings is 1. The zero-order valence-electron chi connectivity index (χ0n) is 13.1. The number of hydrogen-bond acceptors (Lipinski definition) is 4. The summed E-state index contributed by atoms with van der Waals surface area (Å²) in [6.45, 7) is 0.0582. The predicted octanol–water partition coefficient (Wildman–Crippen LogP) is 1.41. The van der Waals surface area contributed by atoms with Crippen molar-refractivity contribution in [2.24, 2.45) is 0 Å². The van der Waals surface area contributed by atoms with E-state index in [1.807, 2.05) is 0 Å². The van der Waals surface area contributed by atoms with Crippen molar-refractivity contribution in [3.8, 4) is 0 Å². The second kappa shape index (κ2) is 7.98. The van der Waals surface area contributed by atoms with Gasteiger partial charge in [0.25, 0.3) is 5.91 Å². The van der Waals surface area contributed by atoms with Crippen molar-refractivity contribution in [2.75, 3.05) is 19.3 Å². The van der Waals surface area contributed by atoms with Gasteiger partial charge in [-0.15, -0.1) is 0 Å². The normalized spacial score (nSPS) is 11.5. The minimum absolute atomic E-state index is 0.0408. The van der Waals surface area contributed by atoms with E-state index >= 15 is 0 Å². The molecule has 0 saturated heterocycles. The molecule has 0 atom stereocenters. The fourth-order valence-corrected chi connectivity index (χ4v) is 2.87. The Morgan fingerprint density at radius 2 is 2.00 bits per heavy atom. The first kappa shape index (κ1) is 18.0. The molecule has 1 aromatic carbocycles. The van der Waals surface area contributed by atoms with Gasteiger partial charge in [-0.1, -0.05) is 18.2 Å². The first-order chi connectivity index (χ1) is 11.4. The SMILES string of the molecule is CS(=O)(=O)N(CCNC(=O)c1cccnc1)Cc1ccccc1F. The minimum Gasteiger partial charge on any atom is -0.351 e. The third kappa shape index (κ3) is 5.10. The van der Waals surface area contributed by atoms with Gasteiger partial charge in [-0.25, -0.2) is 12.8 Å². The molecule has 0 fully saturated rings. The maximum Gasteiger partial charge on any atom is 0.252 e. The molecule has 0 unspecified atom stereocenters. The van der Waals surface area contributed by atoms with Crippen molar-refractivity contribution in [2.45, 2.75) is 6.54 Å². The molecule has 0 radical (unpaired) electrons. The summed E-state index contributed by atoms with van der Waals surface area (Å²) in [5.74, 6) is -0.812. The van der Waals surface area contributed by atoms with Gasteiger partial charge in [0.15, 0.2) is 0 Å². The Hall–Kier alpha value is -2.32. The van der Waals surface area contributed by atoms with Gasteiger partial charge in [0, 0.05) is 37.6 Å². The summed E-state index contributed by atoms with van der Waals surface area (Å²) in [6, 6.07) is 9.23. The average molecular weight is 351 g/mol. The molecule has 24 heavy (non-hydrogen) atoms. The van der Waals surface area contributed by atoms with E-state index in [-0.39, 0.29) is 31.1 Å². The molecule has 0 aliphatic heterocycles. The molecule has 0 spiro atoms. The smallest absolute Gasteiger partial charge is 0.252 e. The number of nitrogens with one attached hydrogen (secondary N) is 1.